The molecule has 0 bridgehead atoms. The van der Waals surface area contributed by atoms with Gasteiger partial charge in [-0.3, -0.25) is 4.79 Å². The van der Waals surface area contributed by atoms with Crippen LogP contribution in [0.5, 0.6) is 0 Å². The average Bonchev–Trinajstić information content (AvgIpc) is 3.04. The van der Waals surface area contributed by atoms with Crippen LogP contribution in [0.15, 0.2) is 59.5 Å². The van der Waals surface area contributed by atoms with E-state index < -0.39 is 0 Å². The monoisotopic (exact) mass is 410 g/mol. The number of carbonyl (C=O) groups is 1. The minimum Gasteiger partial charge on any atom is -0.341 e. The van der Waals surface area contributed by atoms with E-state index in [1.807, 2.05) is 59.5 Å². The third-order valence-corrected chi connectivity index (χ3v) is 6.53. The molecule has 1 aliphatic rings. The van der Waals surface area contributed by atoms with Gasteiger partial charge in [0.25, 0.3) is 0 Å². The van der Waals surface area contributed by atoms with Crippen molar-refractivity contribution in [2.45, 2.75) is 23.5 Å². The first-order valence-electron chi connectivity index (χ1n) is 8.47. The van der Waals surface area contributed by atoms with Gasteiger partial charge in [0.05, 0.1) is 5.02 Å². The fraction of sp³-hybridized carbons (Fsp3) is 0.350. The number of likely N-dealkylation sites (tertiary alicyclic amines) is 1. The summed E-state index contributed by atoms with van der Waals surface area (Å²) in [4.78, 5) is 16.2. The summed E-state index contributed by atoms with van der Waals surface area (Å²) in [6.07, 6.45) is 0.952. The minimum absolute atomic E-state index is 0. The fourth-order valence-corrected chi connectivity index (χ4v) is 4.50. The lowest BCUT2D eigenvalue weighted by Gasteiger charge is -2.26. The van der Waals surface area contributed by atoms with Gasteiger partial charge in [0.15, 0.2) is 0 Å². The van der Waals surface area contributed by atoms with E-state index in [-0.39, 0.29) is 29.0 Å². The second-order valence-corrected chi connectivity index (χ2v) is 8.42. The van der Waals surface area contributed by atoms with Crippen molar-refractivity contribution in [3.8, 4) is 0 Å². The van der Waals surface area contributed by atoms with Crippen LogP contribution in [0.4, 0.5) is 0 Å². The van der Waals surface area contributed by atoms with Crippen molar-refractivity contribution in [2.24, 2.45) is 11.1 Å². The summed E-state index contributed by atoms with van der Waals surface area (Å²) in [6, 6.07) is 17.6. The molecule has 1 heterocycles. The molecular formula is C20H24Cl2N2OS. The van der Waals surface area contributed by atoms with Gasteiger partial charge in [-0.15, -0.1) is 24.2 Å². The Labute approximate surface area is 170 Å². The molecule has 3 rings (SSSR count). The van der Waals surface area contributed by atoms with Gasteiger partial charge in [-0.2, -0.15) is 0 Å². The van der Waals surface area contributed by atoms with Gasteiger partial charge in [0.2, 0.25) is 5.91 Å². The summed E-state index contributed by atoms with van der Waals surface area (Å²) < 4.78 is 0. The van der Waals surface area contributed by atoms with Crippen molar-refractivity contribution in [3.63, 3.8) is 0 Å². The highest BCUT2D eigenvalue weighted by molar-refractivity contribution is 8.00. The summed E-state index contributed by atoms with van der Waals surface area (Å²) in [7, 11) is 0. The van der Waals surface area contributed by atoms with Crippen molar-refractivity contribution in [1.82, 2.24) is 4.90 Å². The number of hydrogen-bond acceptors (Lipinski definition) is 3. The topological polar surface area (TPSA) is 46.3 Å². The zero-order valence-electron chi connectivity index (χ0n) is 14.7. The highest BCUT2D eigenvalue weighted by atomic mass is 35.5. The summed E-state index contributed by atoms with van der Waals surface area (Å²) in [5, 5.41) is 0.371. The van der Waals surface area contributed by atoms with Crippen molar-refractivity contribution in [3.05, 3.63) is 65.2 Å². The molecule has 140 valence electrons. The maximum atomic E-state index is 13.3. The van der Waals surface area contributed by atoms with Crippen LogP contribution in [0.25, 0.3) is 0 Å². The Kier molecular flexibility index (Phi) is 7.42. The van der Waals surface area contributed by atoms with Gasteiger partial charge in [0, 0.05) is 18.0 Å². The molecule has 2 aromatic rings. The first-order chi connectivity index (χ1) is 12.0. The molecule has 0 radical (unpaired) electrons. The van der Waals surface area contributed by atoms with Gasteiger partial charge < -0.3 is 10.6 Å². The standard InChI is InChI=1S/C20H23ClN2OS.ClH/c1-20(13-22)11-12-23(14-20)19(24)18(15-7-3-2-4-8-15)25-17-10-6-5-9-16(17)21;/h2-10,18H,11-14,22H2,1H3;1H. The number of nitrogens with two attached hydrogens (primary N) is 1. The molecule has 0 saturated carbocycles. The third-order valence-electron chi connectivity index (χ3n) is 4.77. The lowest BCUT2D eigenvalue weighted by Crippen LogP contribution is -2.36. The predicted molar refractivity (Wildman–Crippen MR) is 112 cm³/mol. The van der Waals surface area contributed by atoms with Gasteiger partial charge in [-0.1, -0.05) is 61.0 Å². The molecule has 1 aliphatic heterocycles. The SMILES string of the molecule is CC1(CN)CCN(C(=O)C(Sc2ccccc2Cl)c2ccccc2)C1.Cl. The van der Waals surface area contributed by atoms with Crippen molar-refractivity contribution >= 4 is 41.7 Å². The van der Waals surface area contributed by atoms with E-state index in [4.69, 9.17) is 17.3 Å². The Morgan fingerprint density at radius 2 is 1.88 bits per heavy atom. The molecule has 6 heteroatoms. The minimum atomic E-state index is -0.304. The smallest absolute Gasteiger partial charge is 0.240 e. The Bertz CT molecular complexity index is 744. The second kappa shape index (κ2) is 9.14. The van der Waals surface area contributed by atoms with E-state index in [1.54, 1.807) is 0 Å². The summed E-state index contributed by atoms with van der Waals surface area (Å²) in [5.74, 6) is 0.133. The van der Waals surface area contributed by atoms with Crippen molar-refractivity contribution in [1.29, 1.82) is 0 Å². The van der Waals surface area contributed by atoms with E-state index in [0.29, 0.717) is 11.6 Å². The average molecular weight is 411 g/mol. The van der Waals surface area contributed by atoms with Crippen LogP contribution < -0.4 is 5.73 Å². The predicted octanol–water partition coefficient (Wildman–Crippen LogP) is 4.79. The second-order valence-electron chi connectivity index (χ2n) is 6.86. The Hall–Kier alpha value is -1.20. The van der Waals surface area contributed by atoms with Gasteiger partial charge >= 0.3 is 0 Å². The first-order valence-corrected chi connectivity index (χ1v) is 9.73. The van der Waals surface area contributed by atoms with Crippen LogP contribution in [0.2, 0.25) is 5.02 Å². The van der Waals surface area contributed by atoms with Crippen LogP contribution in [0, 0.1) is 5.41 Å². The quantitative estimate of drug-likeness (QED) is 0.720. The van der Waals surface area contributed by atoms with Crippen molar-refractivity contribution in [2.75, 3.05) is 19.6 Å². The number of halogens is 2. The molecular weight excluding hydrogens is 387 g/mol. The summed E-state index contributed by atoms with van der Waals surface area (Å²) in [5.41, 5.74) is 6.92. The molecule has 1 saturated heterocycles. The van der Waals surface area contributed by atoms with Gasteiger partial charge in [-0.25, -0.2) is 0 Å². The number of carbonyl (C=O) groups excluding carboxylic acids is 1. The molecule has 0 aromatic heterocycles. The molecule has 2 unspecified atom stereocenters. The zero-order valence-corrected chi connectivity index (χ0v) is 17.1. The number of rotatable bonds is 5. The fourth-order valence-electron chi connectivity index (χ4n) is 3.10. The molecule has 2 N–H and O–H groups in total. The Morgan fingerprint density at radius 1 is 1.23 bits per heavy atom. The zero-order chi connectivity index (χ0) is 17.9. The molecule has 2 atom stereocenters. The number of benzene rings is 2. The lowest BCUT2D eigenvalue weighted by molar-refractivity contribution is -0.130. The Morgan fingerprint density at radius 3 is 2.50 bits per heavy atom. The molecule has 1 fully saturated rings. The van der Waals surface area contributed by atoms with E-state index in [1.165, 1.54) is 11.8 Å². The van der Waals surface area contributed by atoms with Crippen LogP contribution in [0.3, 0.4) is 0 Å². The van der Waals surface area contributed by atoms with Crippen LogP contribution in [-0.4, -0.2) is 30.4 Å². The summed E-state index contributed by atoms with van der Waals surface area (Å²) >= 11 is 7.84. The number of thioether (sulfide) groups is 1. The van der Waals surface area contributed by atoms with E-state index >= 15 is 0 Å². The van der Waals surface area contributed by atoms with Gasteiger partial charge in [0.1, 0.15) is 5.25 Å². The molecule has 1 amide bonds. The first kappa shape index (κ1) is 21.1. The molecule has 0 spiro atoms. The molecule has 26 heavy (non-hydrogen) atoms. The maximum Gasteiger partial charge on any atom is 0.240 e. The summed E-state index contributed by atoms with van der Waals surface area (Å²) in [6.45, 7) is 4.23. The van der Waals surface area contributed by atoms with E-state index in [2.05, 4.69) is 6.92 Å². The molecule has 2 aromatic carbocycles. The third kappa shape index (κ3) is 4.74. The lowest BCUT2D eigenvalue weighted by atomic mass is 9.90. The highest BCUT2D eigenvalue weighted by Gasteiger charge is 2.38. The number of nitrogens with zero attached hydrogens (tertiary/aromatic N) is 1. The van der Waals surface area contributed by atoms with Crippen LogP contribution in [-0.2, 0) is 4.79 Å². The van der Waals surface area contributed by atoms with E-state index in [9.17, 15) is 4.79 Å². The van der Waals surface area contributed by atoms with Crippen LogP contribution in [0.1, 0.15) is 24.2 Å². The van der Waals surface area contributed by atoms with Crippen LogP contribution >= 0.6 is 35.8 Å². The Balaban J connectivity index is 0.00000243. The number of amides is 1. The normalized spacial score (nSPS) is 20.5. The number of hydrogen-bond donors (Lipinski definition) is 1. The largest absolute Gasteiger partial charge is 0.341 e. The van der Waals surface area contributed by atoms with Crippen molar-refractivity contribution < 1.29 is 4.79 Å². The van der Waals surface area contributed by atoms with Gasteiger partial charge in [-0.05, 0) is 36.1 Å². The maximum absolute atomic E-state index is 13.3. The molecule has 3 nitrogen and oxygen atoms in total. The molecule has 0 aliphatic carbocycles. The van der Waals surface area contributed by atoms with E-state index in [0.717, 1.165) is 30.0 Å². The highest BCUT2D eigenvalue weighted by Crippen LogP contribution is 2.41.